The summed E-state index contributed by atoms with van der Waals surface area (Å²) >= 11 is 0. The van der Waals surface area contributed by atoms with Gasteiger partial charge in [0.2, 0.25) is 0 Å². The van der Waals surface area contributed by atoms with Gasteiger partial charge in [-0.3, -0.25) is 9.80 Å². The monoisotopic (exact) mass is 285 g/mol. The lowest BCUT2D eigenvalue weighted by Crippen LogP contribution is -2.50. The molecule has 1 aromatic carbocycles. The summed E-state index contributed by atoms with van der Waals surface area (Å²) in [4.78, 5) is 5.15. The molecule has 2 aliphatic heterocycles. The Labute approximate surface area is 126 Å². The number of ether oxygens (including phenoxy) is 1. The van der Waals surface area contributed by atoms with Crippen molar-refractivity contribution in [3.8, 4) is 11.8 Å². The Balaban J connectivity index is 1.40. The molecule has 21 heavy (non-hydrogen) atoms. The zero-order valence-electron chi connectivity index (χ0n) is 12.5. The first kappa shape index (κ1) is 14.4. The van der Waals surface area contributed by atoms with E-state index >= 15 is 0 Å². The first-order chi connectivity index (χ1) is 10.3. The van der Waals surface area contributed by atoms with E-state index in [4.69, 9.17) is 10.00 Å². The molecule has 2 heterocycles. The van der Waals surface area contributed by atoms with Crippen LogP contribution in [-0.4, -0.2) is 55.2 Å². The Bertz CT molecular complexity index is 494. The molecule has 0 bridgehead atoms. The van der Waals surface area contributed by atoms with E-state index in [1.165, 1.54) is 39.0 Å². The van der Waals surface area contributed by atoms with Crippen LogP contribution in [0.15, 0.2) is 24.3 Å². The lowest BCUT2D eigenvalue weighted by Gasteiger charge is -2.37. The molecular formula is C17H23N3O. The summed E-state index contributed by atoms with van der Waals surface area (Å²) in [5.74, 6) is 0.899. The molecule has 0 aliphatic carbocycles. The number of benzene rings is 1. The van der Waals surface area contributed by atoms with Gasteiger partial charge in [-0.2, -0.15) is 5.26 Å². The average Bonchev–Trinajstić information content (AvgIpc) is 2.97. The summed E-state index contributed by atoms with van der Waals surface area (Å²) in [6, 6.07) is 10.8. The van der Waals surface area contributed by atoms with Gasteiger partial charge in [0.1, 0.15) is 12.4 Å². The highest BCUT2D eigenvalue weighted by atomic mass is 16.5. The second-order valence-electron chi connectivity index (χ2n) is 5.96. The third-order valence-electron chi connectivity index (χ3n) is 4.55. The minimum atomic E-state index is 0.464. The molecule has 1 unspecified atom stereocenters. The Kier molecular flexibility index (Phi) is 4.74. The topological polar surface area (TPSA) is 39.5 Å². The summed E-state index contributed by atoms with van der Waals surface area (Å²) in [7, 11) is 0. The molecule has 0 spiro atoms. The van der Waals surface area contributed by atoms with Crippen LogP contribution in [0.1, 0.15) is 18.4 Å². The molecule has 112 valence electrons. The molecule has 0 amide bonds. The van der Waals surface area contributed by atoms with Crippen LogP contribution in [0.4, 0.5) is 0 Å². The molecule has 0 radical (unpaired) electrons. The Morgan fingerprint density at radius 1 is 1.19 bits per heavy atom. The zero-order chi connectivity index (χ0) is 14.5. The first-order valence-corrected chi connectivity index (χ1v) is 7.90. The fourth-order valence-electron chi connectivity index (χ4n) is 3.35. The van der Waals surface area contributed by atoms with Gasteiger partial charge in [-0.25, -0.2) is 0 Å². The molecule has 1 aromatic rings. The van der Waals surface area contributed by atoms with Gasteiger partial charge in [0, 0.05) is 32.2 Å². The van der Waals surface area contributed by atoms with Crippen LogP contribution in [0.5, 0.6) is 5.75 Å². The normalized spacial score (nSPS) is 22.7. The van der Waals surface area contributed by atoms with E-state index in [2.05, 4.69) is 15.9 Å². The van der Waals surface area contributed by atoms with Crippen molar-refractivity contribution in [3.63, 3.8) is 0 Å². The summed E-state index contributed by atoms with van der Waals surface area (Å²) in [5, 5.41) is 8.65. The average molecular weight is 285 g/mol. The molecule has 0 N–H and O–H groups in total. The van der Waals surface area contributed by atoms with Crippen molar-refractivity contribution < 1.29 is 4.74 Å². The number of piperazine rings is 1. The zero-order valence-corrected chi connectivity index (χ0v) is 12.5. The molecule has 2 saturated heterocycles. The molecule has 1 atom stereocenters. The Morgan fingerprint density at radius 2 is 2.05 bits per heavy atom. The van der Waals surface area contributed by atoms with E-state index in [-0.39, 0.29) is 0 Å². The highest BCUT2D eigenvalue weighted by Gasteiger charge is 2.30. The second-order valence-corrected chi connectivity index (χ2v) is 5.96. The summed E-state index contributed by atoms with van der Waals surface area (Å²) in [6.45, 7) is 6.62. The van der Waals surface area contributed by atoms with Crippen LogP contribution >= 0.6 is 0 Å². The van der Waals surface area contributed by atoms with Gasteiger partial charge in [0.25, 0.3) is 0 Å². The number of rotatable bonds is 5. The number of fused-ring (bicyclic) bond motifs is 1. The van der Waals surface area contributed by atoms with Crippen molar-refractivity contribution in [2.45, 2.75) is 25.3 Å². The molecule has 0 saturated carbocycles. The van der Waals surface area contributed by atoms with Gasteiger partial charge in [0.05, 0.1) is 12.5 Å². The van der Waals surface area contributed by atoms with Gasteiger partial charge in [-0.15, -0.1) is 0 Å². The van der Waals surface area contributed by atoms with Gasteiger partial charge in [-0.05, 0) is 37.1 Å². The van der Waals surface area contributed by atoms with E-state index in [1.54, 1.807) is 0 Å². The van der Waals surface area contributed by atoms with E-state index in [9.17, 15) is 0 Å². The first-order valence-electron chi connectivity index (χ1n) is 7.90. The Morgan fingerprint density at radius 3 is 2.86 bits per heavy atom. The minimum Gasteiger partial charge on any atom is -0.492 e. The quantitative estimate of drug-likeness (QED) is 0.828. The molecule has 2 aliphatic rings. The maximum Gasteiger partial charge on any atom is 0.119 e. The standard InChI is InChI=1S/C17H23N3O/c18-8-7-15-3-5-17(6-4-15)21-13-12-19-10-11-20-9-1-2-16(20)14-19/h3-6,16H,1-2,7,9-14H2. The number of nitrogens with zero attached hydrogens (tertiary/aromatic N) is 3. The summed E-state index contributed by atoms with van der Waals surface area (Å²) in [5.41, 5.74) is 1.04. The fourth-order valence-corrected chi connectivity index (χ4v) is 3.35. The second kappa shape index (κ2) is 6.93. The number of hydrogen-bond acceptors (Lipinski definition) is 4. The third kappa shape index (κ3) is 3.75. The smallest absolute Gasteiger partial charge is 0.119 e. The predicted octanol–water partition coefficient (Wildman–Crippen LogP) is 1.91. The van der Waals surface area contributed by atoms with Gasteiger partial charge < -0.3 is 4.74 Å². The van der Waals surface area contributed by atoms with Crippen LogP contribution in [0.3, 0.4) is 0 Å². The van der Waals surface area contributed by atoms with E-state index in [0.29, 0.717) is 6.42 Å². The number of nitriles is 1. The SMILES string of the molecule is N#CCc1ccc(OCCN2CCN3CCCC3C2)cc1. The third-order valence-corrected chi connectivity index (χ3v) is 4.55. The fraction of sp³-hybridized carbons (Fsp3) is 0.588. The molecule has 0 aromatic heterocycles. The van der Waals surface area contributed by atoms with Crippen molar-refractivity contribution in [2.75, 3.05) is 39.3 Å². The van der Waals surface area contributed by atoms with E-state index in [0.717, 1.165) is 30.5 Å². The molecule has 2 fully saturated rings. The van der Waals surface area contributed by atoms with E-state index in [1.807, 2.05) is 24.3 Å². The van der Waals surface area contributed by atoms with Crippen molar-refractivity contribution in [2.24, 2.45) is 0 Å². The van der Waals surface area contributed by atoms with Crippen LogP contribution in [0.2, 0.25) is 0 Å². The van der Waals surface area contributed by atoms with E-state index < -0.39 is 0 Å². The maximum absolute atomic E-state index is 8.65. The van der Waals surface area contributed by atoms with Gasteiger partial charge in [-0.1, -0.05) is 12.1 Å². The van der Waals surface area contributed by atoms with Crippen molar-refractivity contribution >= 4 is 0 Å². The van der Waals surface area contributed by atoms with Crippen LogP contribution in [-0.2, 0) is 6.42 Å². The molecule has 4 nitrogen and oxygen atoms in total. The minimum absolute atomic E-state index is 0.464. The lowest BCUT2D eigenvalue weighted by atomic mass is 10.1. The van der Waals surface area contributed by atoms with Gasteiger partial charge in [0.15, 0.2) is 0 Å². The van der Waals surface area contributed by atoms with Crippen molar-refractivity contribution in [3.05, 3.63) is 29.8 Å². The lowest BCUT2D eigenvalue weighted by molar-refractivity contribution is 0.0923. The summed E-state index contributed by atoms with van der Waals surface area (Å²) in [6.07, 6.45) is 3.19. The summed E-state index contributed by atoms with van der Waals surface area (Å²) < 4.78 is 5.82. The Hall–Kier alpha value is -1.57. The maximum atomic E-state index is 8.65. The molecule has 4 heteroatoms. The van der Waals surface area contributed by atoms with Crippen LogP contribution in [0.25, 0.3) is 0 Å². The van der Waals surface area contributed by atoms with Crippen molar-refractivity contribution in [1.29, 1.82) is 5.26 Å². The number of hydrogen-bond donors (Lipinski definition) is 0. The van der Waals surface area contributed by atoms with Crippen LogP contribution < -0.4 is 4.74 Å². The van der Waals surface area contributed by atoms with Gasteiger partial charge >= 0.3 is 0 Å². The highest BCUT2D eigenvalue weighted by molar-refractivity contribution is 5.28. The van der Waals surface area contributed by atoms with Crippen LogP contribution in [0, 0.1) is 11.3 Å². The predicted molar refractivity (Wildman–Crippen MR) is 82.3 cm³/mol. The molecular weight excluding hydrogens is 262 g/mol. The van der Waals surface area contributed by atoms with Crippen molar-refractivity contribution in [1.82, 2.24) is 9.80 Å². The largest absolute Gasteiger partial charge is 0.492 e. The highest BCUT2D eigenvalue weighted by Crippen LogP contribution is 2.21. The molecule has 3 rings (SSSR count).